The second kappa shape index (κ2) is 13.6. The number of benzene rings is 4. The third-order valence-corrected chi connectivity index (χ3v) is 9.94. The number of hydrogen-bond acceptors (Lipinski definition) is 5. The first-order valence-electron chi connectivity index (χ1n) is 12.9. The van der Waals surface area contributed by atoms with E-state index in [9.17, 15) is 41.5 Å². The molecule has 0 amide bonds. The number of carbonyl (C=O) groups excluding carboxylic acids is 1. The smallest absolute Gasteiger partial charge is 0.320 e. The zero-order valence-corrected chi connectivity index (χ0v) is 26.0. The lowest BCUT2D eigenvalue weighted by atomic mass is 9.67. The van der Waals surface area contributed by atoms with E-state index in [0.717, 1.165) is 6.07 Å². The van der Waals surface area contributed by atoms with Gasteiger partial charge in [-0.2, -0.15) is 8.78 Å². The molecule has 2 N–H and O–H groups in total. The zero-order chi connectivity index (χ0) is 32.2. The Balaban J connectivity index is 1.84. The van der Waals surface area contributed by atoms with Crippen LogP contribution in [0.4, 0.5) is 17.8 Å². The van der Waals surface area contributed by atoms with Gasteiger partial charge in [0.05, 0.1) is 11.6 Å². The predicted molar refractivity (Wildman–Crippen MR) is 159 cm³/mol. The standard InChI is InChI=1S/C30H25BrF4O7P2/c31-27-17-23(15-16-26(27)30(32,33)44(38,39)40)19-29(25-9-5-2-6-10-25,28(36)24-7-3-1-4-8-24)18-21-11-13-22(14-12-21)20-43(37,41-34)42-35/h1-17H,18-20H2,(H2,38,39,40). The SMILES string of the molecule is O=C(c1ccccc1)C(Cc1ccc(CP(=O)(OF)OF)cc1)(Cc1ccc(C(F)(F)P(=O)(O)O)c(Br)c1)c1ccccc1. The summed E-state index contributed by atoms with van der Waals surface area (Å²) in [4.78, 5) is 32.9. The van der Waals surface area contributed by atoms with Gasteiger partial charge in [0.15, 0.2) is 5.78 Å². The summed E-state index contributed by atoms with van der Waals surface area (Å²) in [5, 5.41) is 0. The molecule has 0 bridgehead atoms. The molecule has 0 fully saturated rings. The lowest BCUT2D eigenvalue weighted by molar-refractivity contribution is -0.0881. The Morgan fingerprint density at radius 1 is 0.750 bits per heavy atom. The average Bonchev–Trinajstić information content (AvgIpc) is 3.01. The number of carbonyl (C=O) groups is 1. The van der Waals surface area contributed by atoms with E-state index in [4.69, 9.17) is 0 Å². The Hall–Kier alpha value is -2.95. The van der Waals surface area contributed by atoms with E-state index < -0.39 is 38.0 Å². The Bertz CT molecular complexity index is 1700. The topological polar surface area (TPSA) is 110 Å². The first-order chi connectivity index (χ1) is 20.7. The molecule has 0 heterocycles. The summed E-state index contributed by atoms with van der Waals surface area (Å²) in [5.74, 6) is -0.296. The van der Waals surface area contributed by atoms with Gasteiger partial charge in [0.2, 0.25) is 0 Å². The van der Waals surface area contributed by atoms with Crippen LogP contribution in [-0.4, -0.2) is 15.6 Å². The molecule has 44 heavy (non-hydrogen) atoms. The van der Waals surface area contributed by atoms with Crippen molar-refractivity contribution >= 4 is 36.9 Å². The summed E-state index contributed by atoms with van der Waals surface area (Å²) in [6.07, 6.45) is -0.639. The summed E-state index contributed by atoms with van der Waals surface area (Å²) in [5.41, 5.74) is -4.48. The summed E-state index contributed by atoms with van der Waals surface area (Å²) in [6, 6.07) is 26.8. The molecule has 7 nitrogen and oxygen atoms in total. The van der Waals surface area contributed by atoms with Gasteiger partial charge in [-0.1, -0.05) is 113 Å². The highest BCUT2D eigenvalue weighted by atomic mass is 79.9. The maximum atomic E-state index is 14.6. The third-order valence-electron chi connectivity index (χ3n) is 7.14. The van der Waals surface area contributed by atoms with E-state index in [1.165, 1.54) is 24.3 Å². The predicted octanol–water partition coefficient (Wildman–Crippen LogP) is 8.78. The first kappa shape index (κ1) is 33.9. The Kier molecular flexibility index (Phi) is 10.5. The summed E-state index contributed by atoms with van der Waals surface area (Å²) in [7, 11) is -10.5. The minimum absolute atomic E-state index is 0.0204. The van der Waals surface area contributed by atoms with Crippen LogP contribution in [0, 0.1) is 0 Å². The van der Waals surface area contributed by atoms with Gasteiger partial charge >= 0.3 is 20.9 Å². The molecule has 4 rings (SSSR count). The Morgan fingerprint density at radius 2 is 1.25 bits per heavy atom. The van der Waals surface area contributed by atoms with Crippen LogP contribution in [0.3, 0.4) is 0 Å². The van der Waals surface area contributed by atoms with Crippen molar-refractivity contribution in [2.75, 3.05) is 0 Å². The van der Waals surface area contributed by atoms with Gasteiger partial charge in [-0.3, -0.25) is 13.9 Å². The molecular weight excluding hydrogens is 690 g/mol. The monoisotopic (exact) mass is 714 g/mol. The third kappa shape index (κ3) is 7.29. The number of rotatable bonds is 13. The van der Waals surface area contributed by atoms with Gasteiger partial charge in [-0.15, -0.1) is 9.46 Å². The summed E-state index contributed by atoms with van der Waals surface area (Å²) >= 11 is 3.03. The zero-order valence-electron chi connectivity index (χ0n) is 22.7. The van der Waals surface area contributed by atoms with Gasteiger partial charge in [0, 0.05) is 15.6 Å². The lowest BCUT2D eigenvalue weighted by Gasteiger charge is -2.34. The van der Waals surface area contributed by atoms with E-state index in [-0.39, 0.29) is 28.7 Å². The number of Topliss-reactive ketones (excluding diaryl/α,β-unsaturated/α-hetero) is 1. The van der Waals surface area contributed by atoms with Gasteiger partial charge in [-0.25, -0.2) is 0 Å². The van der Waals surface area contributed by atoms with Gasteiger partial charge < -0.3 is 9.79 Å². The molecule has 0 radical (unpaired) electrons. The molecule has 232 valence electrons. The molecule has 0 saturated heterocycles. The first-order valence-corrected chi connectivity index (χ1v) is 17.0. The molecule has 4 aromatic carbocycles. The van der Waals surface area contributed by atoms with Crippen molar-refractivity contribution in [1.82, 2.24) is 0 Å². The molecule has 0 aliphatic heterocycles. The molecule has 0 aromatic heterocycles. The van der Waals surface area contributed by atoms with Crippen LogP contribution in [0.1, 0.15) is 38.2 Å². The van der Waals surface area contributed by atoms with Crippen molar-refractivity contribution in [1.29, 1.82) is 0 Å². The maximum absolute atomic E-state index is 14.6. The van der Waals surface area contributed by atoms with Crippen molar-refractivity contribution in [3.05, 3.63) is 141 Å². The minimum atomic E-state index is -5.84. The van der Waals surface area contributed by atoms with E-state index in [2.05, 4.69) is 25.4 Å². The van der Waals surface area contributed by atoms with E-state index in [1.807, 2.05) is 0 Å². The molecule has 4 aromatic rings. The number of alkyl halides is 2. The van der Waals surface area contributed by atoms with Crippen LogP contribution in [0.15, 0.2) is 108 Å². The molecule has 0 spiro atoms. The van der Waals surface area contributed by atoms with E-state index in [0.29, 0.717) is 22.3 Å². The molecule has 1 atom stereocenters. The molecule has 0 saturated carbocycles. The highest BCUT2D eigenvalue weighted by Crippen LogP contribution is 2.60. The van der Waals surface area contributed by atoms with E-state index >= 15 is 0 Å². The largest absolute Gasteiger partial charge is 0.399 e. The quantitative estimate of drug-likeness (QED) is 0.0809. The molecule has 0 aliphatic carbocycles. The van der Waals surface area contributed by atoms with Crippen LogP contribution >= 0.6 is 31.1 Å². The van der Waals surface area contributed by atoms with Crippen molar-refractivity contribution in [2.24, 2.45) is 0 Å². The molecule has 0 aliphatic rings. The van der Waals surface area contributed by atoms with Crippen molar-refractivity contribution in [3.63, 3.8) is 0 Å². The van der Waals surface area contributed by atoms with Gasteiger partial charge in [0.1, 0.15) is 0 Å². The number of ketones is 1. The fourth-order valence-electron chi connectivity index (χ4n) is 4.99. The second-order valence-corrected chi connectivity index (χ2v) is 14.4. The average molecular weight is 715 g/mol. The normalized spacial score (nSPS) is 13.8. The van der Waals surface area contributed by atoms with Crippen molar-refractivity contribution < 1.29 is 51.0 Å². The van der Waals surface area contributed by atoms with Crippen LogP contribution in [0.25, 0.3) is 0 Å². The molecule has 14 heteroatoms. The highest BCUT2D eigenvalue weighted by Gasteiger charge is 2.51. The maximum Gasteiger partial charge on any atom is 0.399 e. The fraction of sp³-hybridized carbons (Fsp3) is 0.167. The highest BCUT2D eigenvalue weighted by molar-refractivity contribution is 9.10. The second-order valence-electron chi connectivity index (χ2n) is 10.1. The lowest BCUT2D eigenvalue weighted by Crippen LogP contribution is -2.40. The molecule has 1 unspecified atom stereocenters. The van der Waals surface area contributed by atoms with Crippen LogP contribution in [0.5, 0.6) is 0 Å². The molecular formula is C30H25BrF4O7P2. The van der Waals surface area contributed by atoms with E-state index in [1.54, 1.807) is 72.8 Å². The Morgan fingerprint density at radius 3 is 1.77 bits per heavy atom. The van der Waals surface area contributed by atoms with Gasteiger partial charge in [-0.05, 0) is 50.2 Å². The van der Waals surface area contributed by atoms with Crippen molar-refractivity contribution in [2.45, 2.75) is 30.1 Å². The van der Waals surface area contributed by atoms with Crippen LogP contribution in [-0.2, 0) is 48.7 Å². The van der Waals surface area contributed by atoms with Crippen molar-refractivity contribution in [3.8, 4) is 0 Å². The number of halogens is 5. The van der Waals surface area contributed by atoms with Crippen LogP contribution < -0.4 is 0 Å². The number of hydrogen-bond donors (Lipinski definition) is 2. The minimum Gasteiger partial charge on any atom is -0.320 e. The van der Waals surface area contributed by atoms with Crippen LogP contribution in [0.2, 0.25) is 0 Å². The Labute approximate surface area is 258 Å². The van der Waals surface area contributed by atoms with Gasteiger partial charge in [0.25, 0.3) is 0 Å². The fourth-order valence-corrected chi connectivity index (χ4v) is 7.11. The summed E-state index contributed by atoms with van der Waals surface area (Å²) < 4.78 is 83.8. The summed E-state index contributed by atoms with van der Waals surface area (Å²) in [6.45, 7) is 0.